The second kappa shape index (κ2) is 5.62. The monoisotopic (exact) mass is 240 g/mol. The molecule has 0 spiro atoms. The summed E-state index contributed by atoms with van der Waals surface area (Å²) in [6, 6.07) is -0.105. The lowest BCUT2D eigenvalue weighted by Gasteiger charge is -2.20. The number of hydrogen-bond acceptors (Lipinski definition) is 7. The van der Waals surface area contributed by atoms with Crippen molar-refractivity contribution in [2.24, 2.45) is 5.92 Å². The highest BCUT2D eigenvalue weighted by Crippen LogP contribution is 2.12. The van der Waals surface area contributed by atoms with E-state index in [4.69, 9.17) is 5.73 Å². The molecule has 0 aromatic carbocycles. The summed E-state index contributed by atoms with van der Waals surface area (Å²) in [4.78, 5) is 13.9. The Morgan fingerprint density at radius 3 is 2.41 bits per heavy atom. The topological polar surface area (TPSA) is 100 Å². The van der Waals surface area contributed by atoms with Crippen LogP contribution in [-0.4, -0.2) is 46.8 Å². The third kappa shape index (κ3) is 3.70. The molecule has 7 nitrogen and oxygen atoms in total. The van der Waals surface area contributed by atoms with Gasteiger partial charge in [0, 0.05) is 14.1 Å². The minimum Gasteiger partial charge on any atom is -0.394 e. The van der Waals surface area contributed by atoms with E-state index in [0.29, 0.717) is 11.9 Å². The standard InChI is InChI=1S/C10H20N6O/c1-6(2)7(5-17)12-9-13-8(11)14-10(15-9)16(3)4/h6-7,17H,5H2,1-4H3,(H3,11,12,13,14,15). The van der Waals surface area contributed by atoms with Crippen LogP contribution in [0.1, 0.15) is 13.8 Å². The van der Waals surface area contributed by atoms with Crippen LogP contribution in [-0.2, 0) is 0 Å². The maximum absolute atomic E-state index is 9.23. The highest BCUT2D eigenvalue weighted by molar-refractivity contribution is 5.41. The molecule has 0 aliphatic carbocycles. The molecule has 1 unspecified atom stereocenters. The first-order valence-electron chi connectivity index (χ1n) is 5.50. The van der Waals surface area contributed by atoms with Crippen LogP contribution in [0, 0.1) is 5.92 Å². The summed E-state index contributed by atoms with van der Waals surface area (Å²) < 4.78 is 0. The Kier molecular flexibility index (Phi) is 4.45. The van der Waals surface area contributed by atoms with Crippen LogP contribution in [0.5, 0.6) is 0 Å². The molecule has 1 heterocycles. The van der Waals surface area contributed by atoms with Crippen molar-refractivity contribution in [3.05, 3.63) is 0 Å². The van der Waals surface area contributed by atoms with Gasteiger partial charge in [0.2, 0.25) is 17.8 Å². The maximum atomic E-state index is 9.23. The smallest absolute Gasteiger partial charge is 0.231 e. The van der Waals surface area contributed by atoms with E-state index in [1.165, 1.54) is 0 Å². The molecule has 17 heavy (non-hydrogen) atoms. The Morgan fingerprint density at radius 1 is 1.29 bits per heavy atom. The van der Waals surface area contributed by atoms with E-state index in [-0.39, 0.29) is 24.5 Å². The number of nitrogens with two attached hydrogens (primary N) is 1. The van der Waals surface area contributed by atoms with E-state index in [9.17, 15) is 5.11 Å². The van der Waals surface area contributed by atoms with Crippen LogP contribution in [0.4, 0.5) is 17.8 Å². The molecular formula is C10H20N6O. The van der Waals surface area contributed by atoms with Crippen LogP contribution < -0.4 is 16.0 Å². The third-order valence-corrected chi connectivity index (χ3v) is 2.36. The SMILES string of the molecule is CC(C)C(CO)Nc1nc(N)nc(N(C)C)n1. The van der Waals surface area contributed by atoms with Gasteiger partial charge in [0.25, 0.3) is 0 Å². The van der Waals surface area contributed by atoms with Crippen molar-refractivity contribution in [2.45, 2.75) is 19.9 Å². The zero-order valence-electron chi connectivity index (χ0n) is 10.7. The summed E-state index contributed by atoms with van der Waals surface area (Å²) in [7, 11) is 3.65. The zero-order valence-corrected chi connectivity index (χ0v) is 10.7. The fourth-order valence-electron chi connectivity index (χ4n) is 1.23. The number of aromatic nitrogens is 3. The van der Waals surface area contributed by atoms with E-state index in [1.807, 2.05) is 27.9 Å². The van der Waals surface area contributed by atoms with Crippen molar-refractivity contribution in [1.82, 2.24) is 15.0 Å². The lowest BCUT2D eigenvalue weighted by Crippen LogP contribution is -2.31. The summed E-state index contributed by atoms with van der Waals surface area (Å²) >= 11 is 0. The highest BCUT2D eigenvalue weighted by Gasteiger charge is 2.14. The van der Waals surface area contributed by atoms with E-state index >= 15 is 0 Å². The van der Waals surface area contributed by atoms with Gasteiger partial charge in [-0.1, -0.05) is 13.8 Å². The first-order chi connectivity index (χ1) is 7.93. The number of hydrogen-bond donors (Lipinski definition) is 3. The molecule has 0 aliphatic heterocycles. The molecule has 96 valence electrons. The zero-order chi connectivity index (χ0) is 13.0. The van der Waals surface area contributed by atoms with Crippen molar-refractivity contribution in [3.8, 4) is 0 Å². The fraction of sp³-hybridized carbons (Fsp3) is 0.700. The number of anilines is 3. The number of aliphatic hydroxyl groups is 1. The molecule has 1 rings (SSSR count). The lowest BCUT2D eigenvalue weighted by molar-refractivity contribution is 0.248. The average molecular weight is 240 g/mol. The van der Waals surface area contributed by atoms with Crippen LogP contribution in [0.25, 0.3) is 0 Å². The highest BCUT2D eigenvalue weighted by atomic mass is 16.3. The Balaban J connectivity index is 2.90. The molecule has 1 aromatic rings. The molecule has 0 bridgehead atoms. The van der Waals surface area contributed by atoms with E-state index < -0.39 is 0 Å². The first-order valence-corrected chi connectivity index (χ1v) is 5.50. The van der Waals surface area contributed by atoms with Gasteiger partial charge in [-0.2, -0.15) is 15.0 Å². The van der Waals surface area contributed by atoms with Gasteiger partial charge in [0.1, 0.15) is 0 Å². The van der Waals surface area contributed by atoms with Crippen molar-refractivity contribution >= 4 is 17.8 Å². The number of nitrogens with zero attached hydrogens (tertiary/aromatic N) is 4. The third-order valence-electron chi connectivity index (χ3n) is 2.36. The van der Waals surface area contributed by atoms with Crippen molar-refractivity contribution in [3.63, 3.8) is 0 Å². The fourth-order valence-corrected chi connectivity index (χ4v) is 1.23. The van der Waals surface area contributed by atoms with Crippen molar-refractivity contribution < 1.29 is 5.11 Å². The largest absolute Gasteiger partial charge is 0.394 e. The minimum absolute atomic E-state index is 0.0144. The molecule has 4 N–H and O–H groups in total. The van der Waals surface area contributed by atoms with Gasteiger partial charge in [0.05, 0.1) is 12.6 Å². The van der Waals surface area contributed by atoms with Crippen LogP contribution in [0.15, 0.2) is 0 Å². The van der Waals surface area contributed by atoms with Gasteiger partial charge in [-0.3, -0.25) is 0 Å². The predicted octanol–water partition coefficient (Wildman–Crippen LogP) is -0.0514. The van der Waals surface area contributed by atoms with Gasteiger partial charge in [-0.05, 0) is 5.92 Å². The van der Waals surface area contributed by atoms with Crippen molar-refractivity contribution in [1.29, 1.82) is 0 Å². The first kappa shape index (κ1) is 13.4. The van der Waals surface area contributed by atoms with Crippen LogP contribution in [0.2, 0.25) is 0 Å². The summed E-state index contributed by atoms with van der Waals surface area (Å²) in [5.74, 6) is 1.29. The van der Waals surface area contributed by atoms with Gasteiger partial charge < -0.3 is 21.1 Å². The summed E-state index contributed by atoms with van der Waals surface area (Å²) in [6.45, 7) is 4.02. The molecule has 0 saturated carbocycles. The Bertz CT molecular complexity index is 368. The number of aliphatic hydroxyl groups excluding tert-OH is 1. The van der Waals surface area contributed by atoms with Gasteiger partial charge in [-0.25, -0.2) is 0 Å². The van der Waals surface area contributed by atoms with E-state index in [2.05, 4.69) is 20.3 Å². The van der Waals surface area contributed by atoms with Gasteiger partial charge in [-0.15, -0.1) is 0 Å². The molecule has 0 aliphatic rings. The minimum atomic E-state index is -0.105. The van der Waals surface area contributed by atoms with E-state index in [1.54, 1.807) is 4.90 Å². The normalized spacial score (nSPS) is 12.6. The summed E-state index contributed by atoms with van der Waals surface area (Å²) in [5.41, 5.74) is 5.60. The lowest BCUT2D eigenvalue weighted by atomic mass is 10.1. The molecule has 0 amide bonds. The molecule has 0 radical (unpaired) electrons. The molecule has 7 heteroatoms. The quantitative estimate of drug-likeness (QED) is 0.663. The number of rotatable bonds is 5. The van der Waals surface area contributed by atoms with Crippen LogP contribution >= 0.6 is 0 Å². The summed E-state index contributed by atoms with van der Waals surface area (Å²) in [5, 5.41) is 12.3. The molecule has 1 aromatic heterocycles. The van der Waals surface area contributed by atoms with Crippen molar-refractivity contribution in [2.75, 3.05) is 36.7 Å². The number of nitrogens with one attached hydrogen (secondary N) is 1. The second-order valence-corrected chi connectivity index (χ2v) is 4.39. The molecule has 0 saturated heterocycles. The Labute approximate surface area is 101 Å². The van der Waals surface area contributed by atoms with Gasteiger partial charge in [0.15, 0.2) is 0 Å². The molecule has 1 atom stereocenters. The Morgan fingerprint density at radius 2 is 1.94 bits per heavy atom. The predicted molar refractivity (Wildman–Crippen MR) is 67.9 cm³/mol. The average Bonchev–Trinajstić information content (AvgIpc) is 2.24. The second-order valence-electron chi connectivity index (χ2n) is 4.39. The Hall–Kier alpha value is -1.63. The van der Waals surface area contributed by atoms with Crippen LogP contribution in [0.3, 0.4) is 0 Å². The molecular weight excluding hydrogens is 220 g/mol. The van der Waals surface area contributed by atoms with Gasteiger partial charge >= 0.3 is 0 Å². The maximum Gasteiger partial charge on any atom is 0.231 e. The summed E-state index contributed by atoms with van der Waals surface area (Å²) in [6.07, 6.45) is 0. The number of nitrogen functional groups attached to an aromatic ring is 1. The molecule has 0 fully saturated rings. The van der Waals surface area contributed by atoms with E-state index in [0.717, 1.165) is 0 Å².